The summed E-state index contributed by atoms with van der Waals surface area (Å²) < 4.78 is 0. The quantitative estimate of drug-likeness (QED) is 0.548. The highest BCUT2D eigenvalue weighted by atomic mass is 16.4. The van der Waals surface area contributed by atoms with E-state index >= 15 is 0 Å². The van der Waals surface area contributed by atoms with Gasteiger partial charge in [0.2, 0.25) is 0 Å². The SMILES string of the molecule is O=C1Nc2ncc(C(=O)O)cc2/C1=C/Nc1ccc2cn[nH]c2c1. The lowest BCUT2D eigenvalue weighted by molar-refractivity contribution is -0.110. The molecule has 1 aliphatic rings. The monoisotopic (exact) mass is 321 g/mol. The Balaban J connectivity index is 1.68. The van der Waals surface area contributed by atoms with Gasteiger partial charge in [0.15, 0.2) is 0 Å². The molecule has 1 amide bonds. The van der Waals surface area contributed by atoms with Crippen LogP contribution in [0.25, 0.3) is 16.5 Å². The highest BCUT2D eigenvalue weighted by molar-refractivity contribution is 6.31. The minimum Gasteiger partial charge on any atom is -0.478 e. The van der Waals surface area contributed by atoms with E-state index in [1.807, 2.05) is 18.2 Å². The topological polar surface area (TPSA) is 120 Å². The number of hydrogen-bond acceptors (Lipinski definition) is 5. The summed E-state index contributed by atoms with van der Waals surface area (Å²) in [6.07, 6.45) is 4.47. The molecule has 8 heteroatoms. The van der Waals surface area contributed by atoms with Gasteiger partial charge in [0.25, 0.3) is 5.91 Å². The molecule has 24 heavy (non-hydrogen) atoms. The fourth-order valence-corrected chi connectivity index (χ4v) is 2.51. The number of rotatable bonds is 3. The van der Waals surface area contributed by atoms with Crippen LogP contribution in [0.2, 0.25) is 0 Å². The molecule has 0 saturated carbocycles. The number of nitrogens with zero attached hydrogens (tertiary/aromatic N) is 2. The van der Waals surface area contributed by atoms with Crippen LogP contribution >= 0.6 is 0 Å². The first-order chi connectivity index (χ1) is 11.6. The number of aromatic carboxylic acids is 1. The van der Waals surface area contributed by atoms with Crippen LogP contribution in [0, 0.1) is 0 Å². The number of amides is 1. The van der Waals surface area contributed by atoms with Crippen molar-refractivity contribution < 1.29 is 14.7 Å². The normalized spacial score (nSPS) is 14.7. The number of benzene rings is 1. The molecule has 118 valence electrons. The lowest BCUT2D eigenvalue weighted by atomic mass is 10.1. The molecule has 0 saturated heterocycles. The first kappa shape index (κ1) is 13.9. The maximum Gasteiger partial charge on any atom is 0.337 e. The van der Waals surface area contributed by atoms with Gasteiger partial charge in [-0.3, -0.25) is 9.89 Å². The second-order valence-corrected chi connectivity index (χ2v) is 5.25. The van der Waals surface area contributed by atoms with E-state index in [1.54, 1.807) is 6.20 Å². The number of aromatic amines is 1. The van der Waals surface area contributed by atoms with E-state index in [0.717, 1.165) is 16.6 Å². The lowest BCUT2D eigenvalue weighted by Gasteiger charge is -2.03. The van der Waals surface area contributed by atoms with E-state index < -0.39 is 5.97 Å². The Hall–Kier alpha value is -3.68. The van der Waals surface area contributed by atoms with Crippen molar-refractivity contribution in [1.82, 2.24) is 15.2 Å². The van der Waals surface area contributed by atoms with Crippen molar-refractivity contribution in [3.63, 3.8) is 0 Å². The number of aromatic nitrogens is 3. The molecule has 0 radical (unpaired) electrons. The van der Waals surface area contributed by atoms with E-state index in [9.17, 15) is 9.59 Å². The Kier molecular flexibility index (Phi) is 3.02. The summed E-state index contributed by atoms with van der Waals surface area (Å²) in [6, 6.07) is 7.04. The van der Waals surface area contributed by atoms with Crippen LogP contribution in [0.5, 0.6) is 0 Å². The summed E-state index contributed by atoms with van der Waals surface area (Å²) >= 11 is 0. The fraction of sp³-hybridized carbons (Fsp3) is 0. The minimum atomic E-state index is -1.10. The smallest absolute Gasteiger partial charge is 0.337 e. The fourth-order valence-electron chi connectivity index (χ4n) is 2.51. The van der Waals surface area contributed by atoms with Crippen molar-refractivity contribution in [3.05, 3.63) is 54.0 Å². The average Bonchev–Trinajstić information content (AvgIpc) is 3.15. The summed E-state index contributed by atoms with van der Waals surface area (Å²) in [5.41, 5.74) is 2.43. The molecule has 2 aromatic heterocycles. The number of carbonyl (C=O) groups is 2. The third kappa shape index (κ3) is 2.26. The van der Waals surface area contributed by atoms with E-state index in [-0.39, 0.29) is 11.5 Å². The summed E-state index contributed by atoms with van der Waals surface area (Å²) in [5, 5.41) is 22.5. The molecule has 1 aromatic carbocycles. The van der Waals surface area contributed by atoms with Gasteiger partial charge in [0.1, 0.15) is 5.82 Å². The van der Waals surface area contributed by atoms with Gasteiger partial charge in [-0.2, -0.15) is 5.10 Å². The molecule has 0 spiro atoms. The average molecular weight is 321 g/mol. The predicted molar refractivity (Wildman–Crippen MR) is 87.5 cm³/mol. The van der Waals surface area contributed by atoms with E-state index in [0.29, 0.717) is 17.0 Å². The van der Waals surface area contributed by atoms with Gasteiger partial charge in [-0.05, 0) is 24.3 Å². The molecule has 0 bridgehead atoms. The zero-order valence-corrected chi connectivity index (χ0v) is 12.2. The molecular formula is C16H11N5O3. The van der Waals surface area contributed by atoms with Crippen LogP contribution in [0.3, 0.4) is 0 Å². The molecule has 8 nitrogen and oxygen atoms in total. The maximum atomic E-state index is 12.1. The van der Waals surface area contributed by atoms with E-state index in [2.05, 4.69) is 25.8 Å². The number of pyridine rings is 1. The number of fused-ring (bicyclic) bond motifs is 2. The van der Waals surface area contributed by atoms with Crippen molar-refractivity contribution in [2.75, 3.05) is 10.6 Å². The van der Waals surface area contributed by atoms with Gasteiger partial charge >= 0.3 is 5.97 Å². The summed E-state index contributed by atoms with van der Waals surface area (Å²) in [5.74, 6) is -1.08. The largest absolute Gasteiger partial charge is 0.478 e. The van der Waals surface area contributed by atoms with Gasteiger partial charge in [0, 0.05) is 29.0 Å². The van der Waals surface area contributed by atoms with Gasteiger partial charge in [-0.15, -0.1) is 0 Å². The first-order valence-corrected chi connectivity index (χ1v) is 7.07. The number of hydrogen-bond donors (Lipinski definition) is 4. The lowest BCUT2D eigenvalue weighted by Crippen LogP contribution is -2.05. The van der Waals surface area contributed by atoms with E-state index in [1.165, 1.54) is 18.5 Å². The van der Waals surface area contributed by atoms with E-state index in [4.69, 9.17) is 5.11 Å². The van der Waals surface area contributed by atoms with Crippen LogP contribution in [-0.2, 0) is 4.79 Å². The van der Waals surface area contributed by atoms with Gasteiger partial charge in [-0.25, -0.2) is 9.78 Å². The standard InChI is InChI=1S/C16H11N5O3/c22-15-12(11-3-9(16(23)24)5-18-14(11)20-15)7-17-10-2-1-8-6-19-21-13(8)4-10/h1-7,17H,(H,19,21)(H,23,24)(H,18,20,22)/b12-7-. The molecule has 1 aliphatic heterocycles. The predicted octanol–water partition coefficient (Wildman–Crippen LogP) is 2.06. The Morgan fingerprint density at radius 1 is 1.25 bits per heavy atom. The van der Waals surface area contributed by atoms with Gasteiger partial charge in [-0.1, -0.05) is 0 Å². The summed E-state index contributed by atoms with van der Waals surface area (Å²) in [4.78, 5) is 27.1. The van der Waals surface area contributed by atoms with Crippen molar-refractivity contribution >= 4 is 39.9 Å². The zero-order chi connectivity index (χ0) is 16.7. The molecule has 0 fully saturated rings. The number of nitrogens with one attached hydrogen (secondary N) is 3. The number of H-pyrrole nitrogens is 1. The molecule has 0 aliphatic carbocycles. The number of anilines is 2. The van der Waals surface area contributed by atoms with Crippen molar-refractivity contribution in [3.8, 4) is 0 Å². The number of carboxylic acid groups (broad SMARTS) is 1. The van der Waals surface area contributed by atoms with Crippen LogP contribution in [0.1, 0.15) is 15.9 Å². The van der Waals surface area contributed by atoms with Crippen LogP contribution in [0.15, 0.2) is 42.9 Å². The Morgan fingerprint density at radius 2 is 2.12 bits per heavy atom. The third-order valence-corrected chi connectivity index (χ3v) is 3.73. The molecule has 4 N–H and O–H groups in total. The molecule has 3 aromatic rings. The number of carbonyl (C=O) groups excluding carboxylic acids is 1. The number of carboxylic acids is 1. The van der Waals surface area contributed by atoms with Crippen molar-refractivity contribution in [2.45, 2.75) is 0 Å². The van der Waals surface area contributed by atoms with Crippen LogP contribution in [0.4, 0.5) is 11.5 Å². The van der Waals surface area contributed by atoms with Crippen LogP contribution in [-0.4, -0.2) is 32.2 Å². The van der Waals surface area contributed by atoms with Crippen molar-refractivity contribution in [1.29, 1.82) is 0 Å². The highest BCUT2D eigenvalue weighted by Crippen LogP contribution is 2.30. The second-order valence-electron chi connectivity index (χ2n) is 5.25. The van der Waals surface area contributed by atoms with Crippen LogP contribution < -0.4 is 10.6 Å². The highest BCUT2D eigenvalue weighted by Gasteiger charge is 2.26. The zero-order valence-electron chi connectivity index (χ0n) is 12.2. The van der Waals surface area contributed by atoms with Crippen molar-refractivity contribution in [2.24, 2.45) is 0 Å². The van der Waals surface area contributed by atoms with Gasteiger partial charge < -0.3 is 15.7 Å². The Bertz CT molecular complexity index is 1020. The second kappa shape index (κ2) is 5.20. The first-order valence-electron chi connectivity index (χ1n) is 7.07. The maximum absolute atomic E-state index is 12.1. The molecular weight excluding hydrogens is 310 g/mol. The summed E-state index contributed by atoms with van der Waals surface area (Å²) in [6.45, 7) is 0. The molecule has 0 unspecified atom stereocenters. The Morgan fingerprint density at radius 3 is 2.96 bits per heavy atom. The molecule has 0 atom stereocenters. The molecule has 3 heterocycles. The Labute approximate surface area is 135 Å². The molecule has 4 rings (SSSR count). The summed E-state index contributed by atoms with van der Waals surface area (Å²) in [7, 11) is 0. The van der Waals surface area contributed by atoms with Gasteiger partial charge in [0.05, 0.1) is 22.9 Å². The minimum absolute atomic E-state index is 0.0232. The third-order valence-electron chi connectivity index (χ3n) is 3.73.